The van der Waals surface area contributed by atoms with Crippen molar-refractivity contribution < 1.29 is 111 Å². The summed E-state index contributed by atoms with van der Waals surface area (Å²) in [6.45, 7) is 17.5. The number of ether oxygens (including phenoxy) is 6. The maximum absolute atomic E-state index is 13.0. The van der Waals surface area contributed by atoms with E-state index in [1.54, 1.807) is 40.9 Å². The number of aliphatic hydroxyl groups is 6. The molecule has 0 aliphatic carbocycles. The molecule has 0 aromatic heterocycles. The fourth-order valence-electron chi connectivity index (χ4n) is 6.31. The van der Waals surface area contributed by atoms with E-state index < -0.39 is 85.1 Å². The molecule has 0 aromatic carbocycles. The fraction of sp³-hybridized carbons (Fsp3) is 0.902. The van der Waals surface area contributed by atoms with E-state index in [4.69, 9.17) is 28.4 Å². The molecule has 12 unspecified atom stereocenters. The van der Waals surface area contributed by atoms with E-state index in [1.807, 2.05) is 27.7 Å². The van der Waals surface area contributed by atoms with Crippen molar-refractivity contribution in [2.75, 3.05) is 0 Å². The van der Waals surface area contributed by atoms with Crippen LogP contribution in [0.1, 0.15) is 146 Å². The summed E-state index contributed by atoms with van der Waals surface area (Å²) in [6.07, 6.45) is -10.8. The number of aliphatic hydroxyl groups excluding tert-OH is 6. The Morgan fingerprint density at radius 3 is 1.29 bits per heavy atom. The SMILES string of the molecule is CC(O)CC(O)C(O)CCC(=O)OC(CC(C)OC(=O)CCC(O)C(CC(C)OC(C)C)OC(=O)CCC(O)C(O)CC(C)OC(C)C)C(CC[C-]=O)OC(C)C.[Y]. The van der Waals surface area contributed by atoms with Crippen molar-refractivity contribution in [1.29, 1.82) is 0 Å². The van der Waals surface area contributed by atoms with Crippen LogP contribution in [0.2, 0.25) is 0 Å². The van der Waals surface area contributed by atoms with E-state index in [2.05, 4.69) is 0 Å². The second-order valence-electron chi connectivity index (χ2n) is 16.0. The van der Waals surface area contributed by atoms with Crippen molar-refractivity contribution in [3.8, 4) is 0 Å². The first-order valence-electron chi connectivity index (χ1n) is 20.5. The molecule has 6 N–H and O–H groups in total. The Morgan fingerprint density at radius 2 is 0.845 bits per heavy atom. The summed E-state index contributed by atoms with van der Waals surface area (Å²) < 4.78 is 34.3. The van der Waals surface area contributed by atoms with Crippen LogP contribution in [0.5, 0.6) is 0 Å². The van der Waals surface area contributed by atoms with E-state index in [-0.39, 0.29) is 134 Å². The Morgan fingerprint density at radius 1 is 0.448 bits per heavy atom. The molecule has 16 nitrogen and oxygen atoms in total. The molecule has 0 saturated heterocycles. The molecule has 0 amide bonds. The normalized spacial score (nSPS) is 18.1. The zero-order valence-corrected chi connectivity index (χ0v) is 39.3. The van der Waals surface area contributed by atoms with Crippen molar-refractivity contribution >= 4 is 24.2 Å². The molecule has 17 heteroatoms. The quantitative estimate of drug-likeness (QED) is 0.0315. The molecule has 0 aliphatic heterocycles. The van der Waals surface area contributed by atoms with Gasteiger partial charge in [0.15, 0.2) is 0 Å². The van der Waals surface area contributed by atoms with Gasteiger partial charge < -0.3 is 63.9 Å². The first kappa shape index (κ1) is 58.9. The summed E-state index contributed by atoms with van der Waals surface area (Å²) in [6, 6.07) is 0. The first-order valence-corrected chi connectivity index (χ1v) is 20.5. The second kappa shape index (κ2) is 32.5. The topological polar surface area (TPSA) is 245 Å². The van der Waals surface area contributed by atoms with Gasteiger partial charge in [-0.3, -0.25) is 20.7 Å². The molecule has 0 saturated carbocycles. The molecule has 1 radical (unpaired) electrons. The van der Waals surface area contributed by atoms with E-state index >= 15 is 0 Å². The third-order valence-corrected chi connectivity index (χ3v) is 8.83. The van der Waals surface area contributed by atoms with Gasteiger partial charge in [-0.05, 0) is 94.9 Å². The molecule has 0 heterocycles. The maximum Gasteiger partial charge on any atom is 0.306 e. The number of hydrogen-bond donors (Lipinski definition) is 6. The van der Waals surface area contributed by atoms with Crippen LogP contribution in [0.4, 0.5) is 0 Å². The van der Waals surface area contributed by atoms with E-state index in [0.717, 1.165) is 0 Å². The van der Waals surface area contributed by atoms with Gasteiger partial charge in [-0.2, -0.15) is 0 Å². The Labute approximate surface area is 371 Å². The summed E-state index contributed by atoms with van der Waals surface area (Å²) in [5.41, 5.74) is 0. The summed E-state index contributed by atoms with van der Waals surface area (Å²) in [5, 5.41) is 61.7. The van der Waals surface area contributed by atoms with Crippen LogP contribution in [0.25, 0.3) is 0 Å². The summed E-state index contributed by atoms with van der Waals surface area (Å²) in [5.74, 6) is -2.11. The Bertz CT molecular complexity index is 1110. The largest absolute Gasteiger partial charge is 0.542 e. The Balaban J connectivity index is 0. The summed E-state index contributed by atoms with van der Waals surface area (Å²) >= 11 is 0. The Hall–Kier alpha value is -1.18. The molecule has 0 spiro atoms. The molecule has 58 heavy (non-hydrogen) atoms. The van der Waals surface area contributed by atoms with Gasteiger partial charge in [-0.25, -0.2) is 0 Å². The van der Waals surface area contributed by atoms with Gasteiger partial charge in [0.2, 0.25) is 0 Å². The summed E-state index contributed by atoms with van der Waals surface area (Å²) in [7, 11) is 0. The minimum absolute atomic E-state index is 0. The summed E-state index contributed by atoms with van der Waals surface area (Å²) in [4.78, 5) is 49.9. The molecule has 0 bridgehead atoms. The molecular formula is C41H75O16Y-. The standard InChI is InChI=1S/C41H75O16.Y/c1-24(2)52-28(8)21-35(48)32(45)14-16-40(50)56-37(22-29(9)53-25(3)4)33(46)15-18-39(49)55-30(10)23-38(36(12-11-19-42)54-26(5)6)57-41(51)17-13-31(44)34(47)20-27(7)43;/h24-38,43-48H,11-18,20-23H2,1-10H3;/q-1;. The third-order valence-electron chi connectivity index (χ3n) is 8.83. The molecule has 339 valence electrons. The number of carbonyl (C=O) groups excluding carboxylic acids is 4. The van der Waals surface area contributed by atoms with Crippen LogP contribution in [-0.2, 0) is 80.3 Å². The molecule has 0 aromatic rings. The molecule has 12 atom stereocenters. The van der Waals surface area contributed by atoms with Gasteiger partial charge in [-0.1, -0.05) is 0 Å². The van der Waals surface area contributed by atoms with Gasteiger partial charge in [0, 0.05) is 77.7 Å². The van der Waals surface area contributed by atoms with Crippen molar-refractivity contribution in [1.82, 2.24) is 0 Å². The predicted octanol–water partition coefficient (Wildman–Crippen LogP) is 3.14. The van der Waals surface area contributed by atoms with E-state index in [1.165, 1.54) is 6.92 Å². The van der Waals surface area contributed by atoms with Gasteiger partial charge in [0.05, 0.1) is 73.2 Å². The minimum Gasteiger partial charge on any atom is -0.542 e. The van der Waals surface area contributed by atoms with Gasteiger partial charge in [0.1, 0.15) is 18.3 Å². The average molecular weight is 913 g/mol. The van der Waals surface area contributed by atoms with Crippen LogP contribution in [0, 0.1) is 0 Å². The van der Waals surface area contributed by atoms with Crippen molar-refractivity contribution in [2.45, 2.75) is 238 Å². The molecular weight excluding hydrogens is 837 g/mol. The first-order chi connectivity index (χ1) is 26.5. The van der Waals surface area contributed by atoms with Crippen LogP contribution in [0.3, 0.4) is 0 Å². The smallest absolute Gasteiger partial charge is 0.306 e. The minimum atomic E-state index is -1.29. The molecule has 0 rings (SSSR count). The maximum atomic E-state index is 13.0. The van der Waals surface area contributed by atoms with Crippen molar-refractivity contribution in [3.63, 3.8) is 0 Å². The van der Waals surface area contributed by atoms with Gasteiger partial charge in [0.25, 0.3) is 0 Å². The molecule has 0 aliphatic rings. The second-order valence-corrected chi connectivity index (χ2v) is 16.0. The van der Waals surface area contributed by atoms with E-state index in [9.17, 15) is 49.8 Å². The van der Waals surface area contributed by atoms with Crippen molar-refractivity contribution in [3.05, 3.63) is 0 Å². The van der Waals surface area contributed by atoms with Crippen LogP contribution in [-0.4, -0.2) is 146 Å². The van der Waals surface area contributed by atoms with E-state index in [0.29, 0.717) is 0 Å². The number of hydrogen-bond acceptors (Lipinski definition) is 16. The molecule has 0 fully saturated rings. The monoisotopic (exact) mass is 912 g/mol. The number of esters is 3. The number of carbonyl (C=O) groups is 3. The fourth-order valence-corrected chi connectivity index (χ4v) is 6.31. The van der Waals surface area contributed by atoms with Crippen LogP contribution in [0.15, 0.2) is 0 Å². The number of rotatable bonds is 33. The van der Waals surface area contributed by atoms with Crippen LogP contribution < -0.4 is 0 Å². The van der Waals surface area contributed by atoms with Gasteiger partial charge >= 0.3 is 17.9 Å². The third kappa shape index (κ3) is 29.1. The van der Waals surface area contributed by atoms with Gasteiger partial charge in [-0.15, -0.1) is 6.42 Å². The predicted molar refractivity (Wildman–Crippen MR) is 210 cm³/mol. The average Bonchev–Trinajstić information content (AvgIpc) is 3.08. The van der Waals surface area contributed by atoms with Crippen molar-refractivity contribution in [2.24, 2.45) is 0 Å². The Kier molecular flexibility index (Phi) is 33.0. The van der Waals surface area contributed by atoms with Crippen LogP contribution >= 0.6 is 0 Å². The zero-order chi connectivity index (χ0) is 43.8. The zero-order valence-electron chi connectivity index (χ0n) is 36.5.